The second-order valence-corrected chi connectivity index (χ2v) is 6.89. The first-order valence-electron chi connectivity index (χ1n) is 8.41. The van der Waals surface area contributed by atoms with E-state index in [0.717, 1.165) is 49.8 Å². The van der Waals surface area contributed by atoms with Crippen molar-refractivity contribution in [2.45, 2.75) is 77.4 Å². The third-order valence-corrected chi connectivity index (χ3v) is 5.23. The molecular weight excluding hydrogens is 248 g/mol. The molecule has 1 aromatic heterocycles. The number of aryl methyl sites for hydroxylation is 2. The van der Waals surface area contributed by atoms with Gasteiger partial charge >= 0.3 is 0 Å². The van der Waals surface area contributed by atoms with Crippen molar-refractivity contribution < 1.29 is 5.11 Å². The third kappa shape index (κ3) is 2.93. The second-order valence-electron chi connectivity index (χ2n) is 6.89. The summed E-state index contributed by atoms with van der Waals surface area (Å²) in [6.07, 6.45) is 9.06. The lowest BCUT2D eigenvalue weighted by atomic mass is 9.74. The Kier molecular flexibility index (Phi) is 3.89. The normalized spacial score (nSPS) is 30.6. The summed E-state index contributed by atoms with van der Waals surface area (Å²) in [5.41, 5.74) is 1.90. The topological polar surface area (TPSA) is 38.0 Å². The molecule has 1 aromatic rings. The van der Waals surface area contributed by atoms with E-state index in [2.05, 4.69) is 29.7 Å². The van der Waals surface area contributed by atoms with Crippen LogP contribution >= 0.6 is 0 Å². The fraction of sp³-hybridized carbons (Fsp3) is 0.824. The molecule has 2 aliphatic rings. The largest absolute Gasteiger partial charge is 0.389 e. The molecule has 2 saturated carbocycles. The number of aliphatic hydroxyl groups is 1. The van der Waals surface area contributed by atoms with Gasteiger partial charge in [0, 0.05) is 18.7 Å². The van der Waals surface area contributed by atoms with Crippen molar-refractivity contribution >= 4 is 0 Å². The molecule has 3 rings (SSSR count). The van der Waals surface area contributed by atoms with Crippen LogP contribution in [0.3, 0.4) is 0 Å². The Labute approximate surface area is 122 Å². The van der Waals surface area contributed by atoms with E-state index in [1.807, 2.05) is 0 Å². The van der Waals surface area contributed by atoms with Gasteiger partial charge in [-0.25, -0.2) is 0 Å². The van der Waals surface area contributed by atoms with E-state index in [-0.39, 0.29) is 0 Å². The standard InChI is InChI=1S/C17H28N2O/c1-3-15-10-16(19(4-2)18-15)12-17(20)9-5-6-14(11-17)13-7-8-13/h10,13-14,20H,3-9,11-12H2,1-2H3. The highest BCUT2D eigenvalue weighted by molar-refractivity contribution is 5.14. The quantitative estimate of drug-likeness (QED) is 0.895. The van der Waals surface area contributed by atoms with E-state index in [0.29, 0.717) is 0 Å². The van der Waals surface area contributed by atoms with Gasteiger partial charge in [-0.3, -0.25) is 4.68 Å². The molecule has 1 N–H and O–H groups in total. The van der Waals surface area contributed by atoms with Gasteiger partial charge in [0.25, 0.3) is 0 Å². The lowest BCUT2D eigenvalue weighted by Crippen LogP contribution is -2.38. The number of hydrogen-bond acceptors (Lipinski definition) is 2. The van der Waals surface area contributed by atoms with Crippen molar-refractivity contribution in [2.75, 3.05) is 0 Å². The minimum Gasteiger partial charge on any atom is -0.389 e. The number of aromatic nitrogens is 2. The van der Waals surface area contributed by atoms with Crippen LogP contribution in [0.1, 0.15) is 63.8 Å². The van der Waals surface area contributed by atoms with Crippen LogP contribution in [0.15, 0.2) is 6.07 Å². The molecule has 0 bridgehead atoms. The number of nitrogens with zero attached hydrogens (tertiary/aromatic N) is 2. The van der Waals surface area contributed by atoms with Gasteiger partial charge in [-0.1, -0.05) is 13.3 Å². The van der Waals surface area contributed by atoms with Gasteiger partial charge in [0.05, 0.1) is 11.3 Å². The fourth-order valence-corrected chi connectivity index (χ4v) is 3.96. The zero-order valence-corrected chi connectivity index (χ0v) is 12.9. The monoisotopic (exact) mass is 276 g/mol. The number of rotatable bonds is 5. The molecule has 0 radical (unpaired) electrons. The highest BCUT2D eigenvalue weighted by Gasteiger charge is 2.41. The van der Waals surface area contributed by atoms with E-state index < -0.39 is 5.60 Å². The molecule has 0 aliphatic heterocycles. The SMILES string of the molecule is CCc1cc(CC2(O)CCCC(C3CC3)C2)n(CC)n1. The van der Waals surface area contributed by atoms with Crippen LogP contribution in [-0.2, 0) is 19.4 Å². The van der Waals surface area contributed by atoms with Gasteiger partial charge in [0.2, 0.25) is 0 Å². The molecule has 3 heteroatoms. The maximum atomic E-state index is 11.0. The van der Waals surface area contributed by atoms with Gasteiger partial charge in [-0.15, -0.1) is 0 Å². The molecule has 3 nitrogen and oxygen atoms in total. The molecular formula is C17H28N2O. The summed E-state index contributed by atoms with van der Waals surface area (Å²) in [6, 6.07) is 2.20. The minimum absolute atomic E-state index is 0.483. The van der Waals surface area contributed by atoms with Crippen LogP contribution in [-0.4, -0.2) is 20.5 Å². The molecule has 1 heterocycles. The predicted octanol–water partition coefficient (Wildman–Crippen LogP) is 3.34. The molecule has 112 valence electrons. The average molecular weight is 276 g/mol. The zero-order chi connectivity index (χ0) is 14.2. The van der Waals surface area contributed by atoms with E-state index >= 15 is 0 Å². The molecule has 2 unspecified atom stereocenters. The average Bonchev–Trinajstić information content (AvgIpc) is 3.21. The summed E-state index contributed by atoms with van der Waals surface area (Å²) in [6.45, 7) is 5.18. The Morgan fingerprint density at radius 2 is 2.10 bits per heavy atom. The third-order valence-electron chi connectivity index (χ3n) is 5.23. The van der Waals surface area contributed by atoms with Crippen molar-refractivity contribution in [3.05, 3.63) is 17.5 Å². The summed E-state index contributed by atoms with van der Waals surface area (Å²) in [5, 5.41) is 15.6. The van der Waals surface area contributed by atoms with Gasteiger partial charge in [-0.2, -0.15) is 5.10 Å². The summed E-state index contributed by atoms with van der Waals surface area (Å²) in [7, 11) is 0. The van der Waals surface area contributed by atoms with Crippen molar-refractivity contribution in [3.63, 3.8) is 0 Å². The predicted molar refractivity (Wildman–Crippen MR) is 80.6 cm³/mol. The lowest BCUT2D eigenvalue weighted by Gasteiger charge is -2.37. The Bertz CT molecular complexity index is 464. The van der Waals surface area contributed by atoms with Crippen LogP contribution in [0.4, 0.5) is 0 Å². The van der Waals surface area contributed by atoms with Crippen molar-refractivity contribution in [2.24, 2.45) is 11.8 Å². The maximum Gasteiger partial charge on any atom is 0.0705 e. The van der Waals surface area contributed by atoms with Crippen LogP contribution in [0.25, 0.3) is 0 Å². The molecule has 20 heavy (non-hydrogen) atoms. The first kappa shape index (κ1) is 14.1. The molecule has 2 aliphatic carbocycles. The summed E-state index contributed by atoms with van der Waals surface area (Å²) in [5.74, 6) is 1.70. The van der Waals surface area contributed by atoms with E-state index in [4.69, 9.17) is 0 Å². The minimum atomic E-state index is -0.483. The maximum absolute atomic E-state index is 11.0. The van der Waals surface area contributed by atoms with E-state index in [1.54, 1.807) is 0 Å². The van der Waals surface area contributed by atoms with Crippen LogP contribution < -0.4 is 0 Å². The van der Waals surface area contributed by atoms with Gasteiger partial charge < -0.3 is 5.11 Å². The van der Waals surface area contributed by atoms with Crippen LogP contribution in [0.5, 0.6) is 0 Å². The zero-order valence-electron chi connectivity index (χ0n) is 12.9. The Hall–Kier alpha value is -0.830. The Balaban J connectivity index is 1.73. The van der Waals surface area contributed by atoms with Crippen molar-refractivity contribution in [1.29, 1.82) is 0 Å². The molecule has 0 amide bonds. The Morgan fingerprint density at radius 1 is 1.30 bits per heavy atom. The fourth-order valence-electron chi connectivity index (χ4n) is 3.96. The summed E-state index contributed by atoms with van der Waals surface area (Å²) >= 11 is 0. The molecule has 2 atom stereocenters. The van der Waals surface area contributed by atoms with Crippen LogP contribution in [0.2, 0.25) is 0 Å². The van der Waals surface area contributed by atoms with E-state index in [1.165, 1.54) is 31.4 Å². The van der Waals surface area contributed by atoms with Gasteiger partial charge in [-0.05, 0) is 63.4 Å². The molecule has 0 saturated heterocycles. The smallest absolute Gasteiger partial charge is 0.0705 e. The summed E-state index contributed by atoms with van der Waals surface area (Å²) < 4.78 is 2.08. The van der Waals surface area contributed by atoms with Gasteiger partial charge in [0.15, 0.2) is 0 Å². The summed E-state index contributed by atoms with van der Waals surface area (Å²) in [4.78, 5) is 0. The molecule has 0 aromatic carbocycles. The first-order chi connectivity index (χ1) is 9.63. The second kappa shape index (κ2) is 5.51. The molecule has 0 spiro atoms. The highest BCUT2D eigenvalue weighted by atomic mass is 16.3. The van der Waals surface area contributed by atoms with Crippen molar-refractivity contribution in [1.82, 2.24) is 9.78 Å². The van der Waals surface area contributed by atoms with Crippen LogP contribution in [0, 0.1) is 11.8 Å². The Morgan fingerprint density at radius 3 is 2.75 bits per heavy atom. The van der Waals surface area contributed by atoms with Gasteiger partial charge in [0.1, 0.15) is 0 Å². The van der Waals surface area contributed by atoms with Crippen molar-refractivity contribution in [3.8, 4) is 0 Å². The molecule has 2 fully saturated rings. The van der Waals surface area contributed by atoms with E-state index in [9.17, 15) is 5.11 Å². The highest BCUT2D eigenvalue weighted by Crippen LogP contribution is 2.47. The first-order valence-corrected chi connectivity index (χ1v) is 8.41. The lowest BCUT2D eigenvalue weighted by molar-refractivity contribution is -0.0210. The number of hydrogen-bond donors (Lipinski definition) is 1.